The van der Waals surface area contributed by atoms with Crippen LogP contribution in [0, 0.1) is 0 Å². The fourth-order valence-electron chi connectivity index (χ4n) is 4.00. The summed E-state index contributed by atoms with van der Waals surface area (Å²) in [6.45, 7) is 3.66. The SMILES string of the molecule is CNCCOc1ccn2c(-c3ccc4cccc(N5CCCC5)c4n3)cnc2c1. The van der Waals surface area contributed by atoms with Crippen LogP contribution in [0.3, 0.4) is 0 Å². The Labute approximate surface area is 170 Å². The number of imidazole rings is 1. The molecule has 4 aromatic rings. The number of pyridine rings is 2. The van der Waals surface area contributed by atoms with Crippen molar-refractivity contribution < 1.29 is 4.74 Å². The summed E-state index contributed by atoms with van der Waals surface area (Å²) in [4.78, 5) is 12.1. The molecule has 0 bridgehead atoms. The van der Waals surface area contributed by atoms with Gasteiger partial charge in [-0.05, 0) is 38.1 Å². The normalized spacial score (nSPS) is 14.2. The molecule has 0 unspecified atom stereocenters. The molecule has 1 N–H and O–H groups in total. The third kappa shape index (κ3) is 3.40. The summed E-state index contributed by atoms with van der Waals surface area (Å²) >= 11 is 0. The molecule has 1 saturated heterocycles. The second kappa shape index (κ2) is 7.72. The number of para-hydroxylation sites is 1. The van der Waals surface area contributed by atoms with E-state index in [-0.39, 0.29) is 0 Å². The number of aromatic nitrogens is 3. The van der Waals surface area contributed by atoms with Crippen LogP contribution in [-0.4, -0.2) is 47.7 Å². The average molecular weight is 387 g/mol. The predicted octanol–water partition coefficient (Wildman–Crippen LogP) is 3.75. The maximum atomic E-state index is 5.76. The third-order valence-corrected chi connectivity index (χ3v) is 5.51. The number of nitrogens with one attached hydrogen (secondary N) is 1. The van der Waals surface area contributed by atoms with Gasteiger partial charge >= 0.3 is 0 Å². The first-order chi connectivity index (χ1) is 14.3. The first-order valence-corrected chi connectivity index (χ1v) is 10.2. The Morgan fingerprint density at radius 3 is 2.86 bits per heavy atom. The van der Waals surface area contributed by atoms with Crippen molar-refractivity contribution in [3.8, 4) is 17.1 Å². The Morgan fingerprint density at radius 2 is 2.00 bits per heavy atom. The highest BCUT2D eigenvalue weighted by Gasteiger charge is 2.16. The maximum Gasteiger partial charge on any atom is 0.140 e. The van der Waals surface area contributed by atoms with E-state index < -0.39 is 0 Å². The molecule has 3 aromatic heterocycles. The number of nitrogens with zero attached hydrogens (tertiary/aromatic N) is 4. The topological polar surface area (TPSA) is 54.7 Å². The molecule has 0 radical (unpaired) electrons. The summed E-state index contributed by atoms with van der Waals surface area (Å²) in [5.41, 5.74) is 5.07. The van der Waals surface area contributed by atoms with Gasteiger partial charge in [0.1, 0.15) is 18.0 Å². The van der Waals surface area contributed by atoms with E-state index in [0.717, 1.165) is 47.9 Å². The van der Waals surface area contributed by atoms with Crippen LogP contribution < -0.4 is 15.0 Å². The van der Waals surface area contributed by atoms with E-state index in [2.05, 4.69) is 49.9 Å². The zero-order valence-electron chi connectivity index (χ0n) is 16.6. The van der Waals surface area contributed by atoms with Crippen LogP contribution in [-0.2, 0) is 0 Å². The summed E-state index contributed by atoms with van der Waals surface area (Å²) in [7, 11) is 1.92. The van der Waals surface area contributed by atoms with Gasteiger partial charge in [-0.1, -0.05) is 18.2 Å². The van der Waals surface area contributed by atoms with Gasteiger partial charge in [0.05, 0.1) is 28.8 Å². The highest BCUT2D eigenvalue weighted by atomic mass is 16.5. The smallest absolute Gasteiger partial charge is 0.140 e. The Kier molecular flexibility index (Phi) is 4.77. The van der Waals surface area contributed by atoms with Crippen LogP contribution in [0.25, 0.3) is 27.9 Å². The standard InChI is InChI=1S/C23H25N5O/c1-24-10-14-29-18-9-13-28-21(16-25-22(28)15-18)19-8-7-17-5-4-6-20(23(17)26-19)27-11-2-3-12-27/h4-9,13,15-16,24H,2-3,10-12,14H2,1H3. The lowest BCUT2D eigenvalue weighted by molar-refractivity contribution is 0.318. The summed E-state index contributed by atoms with van der Waals surface area (Å²) in [5, 5.41) is 4.26. The first-order valence-electron chi connectivity index (χ1n) is 10.2. The summed E-state index contributed by atoms with van der Waals surface area (Å²) in [6, 6.07) is 14.6. The number of likely N-dealkylation sites (N-methyl/N-ethyl adjacent to an activating group) is 1. The molecule has 1 aromatic carbocycles. The lowest BCUT2D eigenvalue weighted by Gasteiger charge is -2.19. The second-order valence-electron chi connectivity index (χ2n) is 7.43. The van der Waals surface area contributed by atoms with Crippen molar-refractivity contribution in [1.82, 2.24) is 19.7 Å². The van der Waals surface area contributed by atoms with Crippen LogP contribution in [0.2, 0.25) is 0 Å². The van der Waals surface area contributed by atoms with E-state index in [1.165, 1.54) is 23.9 Å². The molecule has 148 valence electrons. The van der Waals surface area contributed by atoms with Gasteiger partial charge in [0, 0.05) is 37.3 Å². The molecule has 1 aliphatic rings. The summed E-state index contributed by atoms with van der Waals surface area (Å²) < 4.78 is 7.83. The fraction of sp³-hybridized carbons (Fsp3) is 0.304. The summed E-state index contributed by atoms with van der Waals surface area (Å²) in [6.07, 6.45) is 6.40. The van der Waals surface area contributed by atoms with Gasteiger partial charge in [0.25, 0.3) is 0 Å². The van der Waals surface area contributed by atoms with Crippen LogP contribution in [0.1, 0.15) is 12.8 Å². The quantitative estimate of drug-likeness (QED) is 0.511. The molecule has 4 heterocycles. The van der Waals surface area contributed by atoms with Crippen molar-refractivity contribution >= 4 is 22.2 Å². The van der Waals surface area contributed by atoms with Crippen molar-refractivity contribution in [3.63, 3.8) is 0 Å². The number of fused-ring (bicyclic) bond motifs is 2. The molecule has 6 nitrogen and oxygen atoms in total. The second-order valence-corrected chi connectivity index (χ2v) is 7.43. The zero-order valence-corrected chi connectivity index (χ0v) is 16.6. The molecular formula is C23H25N5O. The molecule has 0 aliphatic carbocycles. The molecule has 5 rings (SSSR count). The maximum absolute atomic E-state index is 5.76. The lowest BCUT2D eigenvalue weighted by Crippen LogP contribution is -2.18. The highest BCUT2D eigenvalue weighted by Crippen LogP contribution is 2.30. The fourth-order valence-corrected chi connectivity index (χ4v) is 4.00. The molecule has 0 atom stereocenters. The molecule has 1 fully saturated rings. The number of hydrogen-bond acceptors (Lipinski definition) is 5. The number of anilines is 1. The minimum atomic E-state index is 0.631. The van der Waals surface area contributed by atoms with E-state index >= 15 is 0 Å². The number of hydrogen-bond donors (Lipinski definition) is 1. The third-order valence-electron chi connectivity index (χ3n) is 5.51. The molecule has 0 saturated carbocycles. The highest BCUT2D eigenvalue weighted by molar-refractivity contribution is 5.92. The van der Waals surface area contributed by atoms with Gasteiger partial charge in [-0.15, -0.1) is 0 Å². The zero-order chi connectivity index (χ0) is 19.6. The van der Waals surface area contributed by atoms with Crippen LogP contribution in [0.4, 0.5) is 5.69 Å². The molecular weight excluding hydrogens is 362 g/mol. The minimum absolute atomic E-state index is 0.631. The van der Waals surface area contributed by atoms with Crippen molar-refractivity contribution in [1.29, 1.82) is 0 Å². The van der Waals surface area contributed by atoms with E-state index in [1.807, 2.05) is 31.6 Å². The number of benzene rings is 1. The van der Waals surface area contributed by atoms with Gasteiger partial charge < -0.3 is 15.0 Å². The van der Waals surface area contributed by atoms with E-state index in [9.17, 15) is 0 Å². The molecule has 0 amide bonds. The van der Waals surface area contributed by atoms with Crippen molar-refractivity contribution in [2.24, 2.45) is 0 Å². The predicted molar refractivity (Wildman–Crippen MR) is 117 cm³/mol. The lowest BCUT2D eigenvalue weighted by atomic mass is 10.1. The van der Waals surface area contributed by atoms with Crippen molar-refractivity contribution in [2.45, 2.75) is 12.8 Å². The first kappa shape index (κ1) is 17.9. The van der Waals surface area contributed by atoms with Crippen LogP contribution >= 0.6 is 0 Å². The van der Waals surface area contributed by atoms with Crippen molar-refractivity contribution in [2.75, 3.05) is 38.2 Å². The Morgan fingerprint density at radius 1 is 1.10 bits per heavy atom. The van der Waals surface area contributed by atoms with Gasteiger partial charge in [0.2, 0.25) is 0 Å². The van der Waals surface area contributed by atoms with E-state index in [4.69, 9.17) is 9.72 Å². The number of ether oxygens (including phenoxy) is 1. The average Bonchev–Trinajstić information content (AvgIpc) is 3.43. The van der Waals surface area contributed by atoms with Crippen LogP contribution in [0.5, 0.6) is 5.75 Å². The van der Waals surface area contributed by atoms with Gasteiger partial charge in [-0.2, -0.15) is 0 Å². The minimum Gasteiger partial charge on any atom is -0.492 e. The molecule has 0 spiro atoms. The van der Waals surface area contributed by atoms with Crippen LogP contribution in [0.15, 0.2) is 54.9 Å². The van der Waals surface area contributed by atoms with E-state index in [1.54, 1.807) is 0 Å². The molecule has 1 aliphatic heterocycles. The largest absolute Gasteiger partial charge is 0.492 e. The Bertz CT molecular complexity index is 1150. The Balaban J connectivity index is 1.53. The van der Waals surface area contributed by atoms with Gasteiger partial charge in [-0.3, -0.25) is 4.40 Å². The van der Waals surface area contributed by atoms with Gasteiger partial charge in [0.15, 0.2) is 0 Å². The monoisotopic (exact) mass is 387 g/mol. The van der Waals surface area contributed by atoms with Crippen molar-refractivity contribution in [3.05, 3.63) is 54.9 Å². The van der Waals surface area contributed by atoms with Gasteiger partial charge in [-0.25, -0.2) is 9.97 Å². The number of rotatable bonds is 6. The molecule has 29 heavy (non-hydrogen) atoms. The molecule has 6 heteroatoms. The van der Waals surface area contributed by atoms with E-state index in [0.29, 0.717) is 6.61 Å². The summed E-state index contributed by atoms with van der Waals surface area (Å²) in [5.74, 6) is 0.827. The Hall–Kier alpha value is -3.12.